The average Bonchev–Trinajstić information content (AvgIpc) is 3.76. The van der Waals surface area contributed by atoms with E-state index in [1.165, 1.54) is 77.5 Å². The first-order valence-electron chi connectivity index (χ1n) is 23.3. The van der Waals surface area contributed by atoms with Crippen LogP contribution in [0.25, 0.3) is 94.3 Å². The Labute approximate surface area is 397 Å². The molecule has 320 valence electrons. The third kappa shape index (κ3) is 7.45. The standard InChI is InChI=1S/C66H46N2/c1-6-22-47(23-7-1)55-32-16-18-34-58(55)60-42-39-52(45-64(60)59-35-19-17-33-56(59)48-24-8-2-9-25-48)67(51-30-14-5-15-31-51)54-40-43-62-61-36-20-21-37-65(61)68(66(62)46-54)53-38-41-57(49-26-10-3-11-27-49)63(44-53)50-28-12-4-13-29-50/h1-46H. The highest BCUT2D eigenvalue weighted by atomic mass is 15.1. The lowest BCUT2D eigenvalue weighted by Gasteiger charge is -2.27. The number of aromatic nitrogens is 1. The van der Waals surface area contributed by atoms with Crippen LogP contribution in [0.2, 0.25) is 0 Å². The van der Waals surface area contributed by atoms with Gasteiger partial charge < -0.3 is 9.47 Å². The maximum absolute atomic E-state index is 2.45. The number of rotatable bonds is 10. The SMILES string of the molecule is c1ccc(-c2ccc(-n3c4ccccc4c4ccc(N(c5ccccc5)c5ccc(-c6ccccc6-c6ccccc6)c(-c6ccccc6-c6ccccc6)c5)cc43)cc2-c2ccccc2)cc1. The largest absolute Gasteiger partial charge is 0.310 e. The Bertz CT molecular complexity index is 3710. The highest BCUT2D eigenvalue weighted by Crippen LogP contribution is 2.47. The van der Waals surface area contributed by atoms with Crippen molar-refractivity contribution in [1.82, 2.24) is 4.57 Å². The highest BCUT2D eigenvalue weighted by Gasteiger charge is 2.22. The van der Waals surface area contributed by atoms with E-state index in [9.17, 15) is 0 Å². The minimum Gasteiger partial charge on any atom is -0.310 e. The molecule has 12 rings (SSSR count). The molecule has 2 nitrogen and oxygen atoms in total. The number of benzene rings is 11. The lowest BCUT2D eigenvalue weighted by atomic mass is 9.86. The van der Waals surface area contributed by atoms with Gasteiger partial charge in [-0.2, -0.15) is 0 Å². The van der Waals surface area contributed by atoms with Gasteiger partial charge in [0.1, 0.15) is 0 Å². The van der Waals surface area contributed by atoms with Gasteiger partial charge in [0.2, 0.25) is 0 Å². The van der Waals surface area contributed by atoms with Crippen molar-refractivity contribution in [3.63, 3.8) is 0 Å². The number of nitrogens with zero attached hydrogens (tertiary/aromatic N) is 2. The van der Waals surface area contributed by atoms with Gasteiger partial charge in [-0.1, -0.05) is 224 Å². The first-order valence-corrected chi connectivity index (χ1v) is 23.3. The second-order valence-electron chi connectivity index (χ2n) is 17.2. The van der Waals surface area contributed by atoms with Crippen molar-refractivity contribution in [3.8, 4) is 72.4 Å². The topological polar surface area (TPSA) is 8.17 Å². The van der Waals surface area contributed by atoms with Crippen LogP contribution in [-0.2, 0) is 0 Å². The van der Waals surface area contributed by atoms with Crippen LogP contribution in [0.1, 0.15) is 0 Å². The summed E-state index contributed by atoms with van der Waals surface area (Å²) < 4.78 is 2.45. The molecule has 0 aliphatic rings. The molecule has 68 heavy (non-hydrogen) atoms. The molecule has 0 amide bonds. The fourth-order valence-electron chi connectivity index (χ4n) is 10.1. The van der Waals surface area contributed by atoms with Crippen LogP contribution < -0.4 is 4.90 Å². The molecular weight excluding hydrogens is 821 g/mol. The number of para-hydroxylation sites is 2. The smallest absolute Gasteiger partial charge is 0.0561 e. The molecule has 2 heteroatoms. The van der Waals surface area contributed by atoms with Gasteiger partial charge in [0, 0.05) is 33.5 Å². The quantitative estimate of drug-likeness (QED) is 0.133. The second-order valence-corrected chi connectivity index (χ2v) is 17.2. The fourth-order valence-corrected chi connectivity index (χ4v) is 10.1. The lowest BCUT2D eigenvalue weighted by molar-refractivity contribution is 1.18. The molecule has 0 N–H and O–H groups in total. The van der Waals surface area contributed by atoms with Crippen LogP contribution in [0.15, 0.2) is 279 Å². The Hall–Kier alpha value is -8.98. The molecule has 0 atom stereocenters. The summed E-state index contributed by atoms with van der Waals surface area (Å²) >= 11 is 0. The summed E-state index contributed by atoms with van der Waals surface area (Å²) in [6, 6.07) is 101. The molecule has 1 aromatic heterocycles. The van der Waals surface area contributed by atoms with E-state index in [4.69, 9.17) is 0 Å². The van der Waals surface area contributed by atoms with Crippen LogP contribution in [0, 0.1) is 0 Å². The number of anilines is 3. The third-order valence-electron chi connectivity index (χ3n) is 13.2. The predicted octanol–water partition coefficient (Wildman–Crippen LogP) is 18.3. The van der Waals surface area contributed by atoms with E-state index in [2.05, 4.69) is 289 Å². The van der Waals surface area contributed by atoms with E-state index in [1.807, 2.05) is 0 Å². The first kappa shape index (κ1) is 40.5. The van der Waals surface area contributed by atoms with E-state index in [-0.39, 0.29) is 0 Å². The minimum absolute atomic E-state index is 1.07. The van der Waals surface area contributed by atoms with Crippen LogP contribution in [0.4, 0.5) is 17.1 Å². The van der Waals surface area contributed by atoms with Crippen molar-refractivity contribution in [3.05, 3.63) is 279 Å². The Morgan fingerprint density at radius 1 is 0.221 bits per heavy atom. The normalized spacial score (nSPS) is 11.2. The summed E-state index contributed by atoms with van der Waals surface area (Å²) in [6.45, 7) is 0. The molecule has 11 aromatic carbocycles. The van der Waals surface area contributed by atoms with Gasteiger partial charge in [-0.25, -0.2) is 0 Å². The molecule has 1 heterocycles. The van der Waals surface area contributed by atoms with E-state index in [0.29, 0.717) is 0 Å². The molecule has 0 saturated carbocycles. The summed E-state index contributed by atoms with van der Waals surface area (Å²) in [6.07, 6.45) is 0. The Morgan fingerprint density at radius 2 is 0.618 bits per heavy atom. The van der Waals surface area contributed by atoms with Gasteiger partial charge in [0.25, 0.3) is 0 Å². The Balaban J connectivity index is 1.09. The highest BCUT2D eigenvalue weighted by molar-refractivity contribution is 6.11. The van der Waals surface area contributed by atoms with Gasteiger partial charge in [0.05, 0.1) is 11.0 Å². The molecule has 0 radical (unpaired) electrons. The number of fused-ring (bicyclic) bond motifs is 3. The zero-order valence-electron chi connectivity index (χ0n) is 37.5. The minimum atomic E-state index is 1.07. The molecule has 0 bridgehead atoms. The predicted molar refractivity (Wildman–Crippen MR) is 288 cm³/mol. The van der Waals surface area contributed by atoms with Gasteiger partial charge in [0.15, 0.2) is 0 Å². The van der Waals surface area contributed by atoms with Gasteiger partial charge >= 0.3 is 0 Å². The first-order chi connectivity index (χ1) is 33.8. The third-order valence-corrected chi connectivity index (χ3v) is 13.2. The number of hydrogen-bond acceptors (Lipinski definition) is 1. The number of hydrogen-bond donors (Lipinski definition) is 0. The summed E-state index contributed by atoms with van der Waals surface area (Å²) in [4.78, 5) is 2.41. The van der Waals surface area contributed by atoms with Crippen molar-refractivity contribution >= 4 is 38.9 Å². The van der Waals surface area contributed by atoms with Crippen molar-refractivity contribution < 1.29 is 0 Å². The van der Waals surface area contributed by atoms with E-state index in [1.54, 1.807) is 0 Å². The summed E-state index contributed by atoms with van der Waals surface area (Å²) in [7, 11) is 0. The summed E-state index contributed by atoms with van der Waals surface area (Å²) in [5, 5.41) is 2.42. The van der Waals surface area contributed by atoms with Crippen LogP contribution in [0.3, 0.4) is 0 Å². The maximum atomic E-state index is 2.45. The molecule has 0 aliphatic carbocycles. The zero-order chi connectivity index (χ0) is 45.2. The van der Waals surface area contributed by atoms with E-state index < -0.39 is 0 Å². The zero-order valence-corrected chi connectivity index (χ0v) is 37.5. The molecule has 0 unspecified atom stereocenters. The van der Waals surface area contributed by atoms with Gasteiger partial charge in [-0.05, 0) is 121 Å². The Morgan fingerprint density at radius 3 is 1.21 bits per heavy atom. The van der Waals surface area contributed by atoms with E-state index in [0.717, 1.165) is 33.8 Å². The Kier molecular flexibility index (Phi) is 10.6. The second kappa shape index (κ2) is 17.8. The lowest BCUT2D eigenvalue weighted by Crippen LogP contribution is -2.10. The molecule has 0 spiro atoms. The van der Waals surface area contributed by atoms with E-state index >= 15 is 0 Å². The van der Waals surface area contributed by atoms with Crippen molar-refractivity contribution in [1.29, 1.82) is 0 Å². The molecule has 0 saturated heterocycles. The summed E-state index contributed by atoms with van der Waals surface area (Å²) in [5.41, 5.74) is 20.9. The summed E-state index contributed by atoms with van der Waals surface area (Å²) in [5.74, 6) is 0. The maximum Gasteiger partial charge on any atom is 0.0561 e. The van der Waals surface area contributed by atoms with Crippen molar-refractivity contribution in [2.75, 3.05) is 4.90 Å². The van der Waals surface area contributed by atoms with Crippen molar-refractivity contribution in [2.24, 2.45) is 0 Å². The average molecular weight is 867 g/mol. The fraction of sp³-hybridized carbons (Fsp3) is 0. The monoisotopic (exact) mass is 866 g/mol. The molecule has 0 fully saturated rings. The van der Waals surface area contributed by atoms with Gasteiger partial charge in [-0.3, -0.25) is 0 Å². The van der Waals surface area contributed by atoms with Gasteiger partial charge in [-0.15, -0.1) is 0 Å². The molecule has 12 aromatic rings. The van der Waals surface area contributed by atoms with Crippen LogP contribution in [-0.4, -0.2) is 4.57 Å². The van der Waals surface area contributed by atoms with Crippen LogP contribution >= 0.6 is 0 Å². The van der Waals surface area contributed by atoms with Crippen LogP contribution in [0.5, 0.6) is 0 Å². The molecular formula is C66H46N2. The molecule has 0 aliphatic heterocycles. The van der Waals surface area contributed by atoms with Crippen molar-refractivity contribution in [2.45, 2.75) is 0 Å².